The summed E-state index contributed by atoms with van der Waals surface area (Å²) in [4.78, 5) is 22.0. The smallest absolute Gasteiger partial charge is 0.337 e. The van der Waals surface area contributed by atoms with E-state index in [0.717, 1.165) is 0 Å². The Morgan fingerprint density at radius 3 is 2.28 bits per heavy atom. The van der Waals surface area contributed by atoms with Crippen LogP contribution in [0, 0.1) is 11.3 Å². The van der Waals surface area contributed by atoms with Gasteiger partial charge in [0.15, 0.2) is 0 Å². The Kier molecular flexibility index (Phi) is 2.70. The van der Waals surface area contributed by atoms with Crippen molar-refractivity contribution in [3.63, 3.8) is 0 Å². The molecule has 88 valence electrons. The Morgan fingerprint density at radius 1 is 1.06 bits per heavy atom. The first kappa shape index (κ1) is 11.6. The van der Waals surface area contributed by atoms with Crippen LogP contribution in [0.3, 0.4) is 0 Å². The Labute approximate surface area is 102 Å². The molecule has 0 aliphatic heterocycles. The van der Waals surface area contributed by atoms with Crippen LogP contribution >= 0.6 is 0 Å². The minimum absolute atomic E-state index is 0.0425. The second-order valence-electron chi connectivity index (χ2n) is 3.65. The van der Waals surface area contributed by atoms with Gasteiger partial charge in [0.1, 0.15) is 6.07 Å². The van der Waals surface area contributed by atoms with E-state index in [1.165, 1.54) is 24.3 Å². The lowest BCUT2D eigenvalue weighted by atomic mass is 9.98. The molecular formula is C13H7NO4. The van der Waals surface area contributed by atoms with Crippen LogP contribution in [0.1, 0.15) is 26.3 Å². The SMILES string of the molecule is N#Cc1cc2c(C(=O)O)cccc2cc1C(=O)O. The molecule has 0 aliphatic rings. The Balaban J connectivity index is 2.88. The molecule has 18 heavy (non-hydrogen) atoms. The van der Waals surface area contributed by atoms with E-state index in [1.807, 2.05) is 0 Å². The van der Waals surface area contributed by atoms with Crippen LogP contribution in [0.15, 0.2) is 30.3 Å². The van der Waals surface area contributed by atoms with Gasteiger partial charge in [-0.15, -0.1) is 0 Å². The molecule has 2 aromatic carbocycles. The number of hydrogen-bond donors (Lipinski definition) is 2. The van der Waals surface area contributed by atoms with Crippen LogP contribution in [0.5, 0.6) is 0 Å². The van der Waals surface area contributed by atoms with E-state index in [0.29, 0.717) is 10.8 Å². The fourth-order valence-electron chi connectivity index (χ4n) is 1.78. The average molecular weight is 241 g/mol. The molecule has 0 amide bonds. The zero-order valence-corrected chi connectivity index (χ0v) is 9.04. The van der Waals surface area contributed by atoms with Crippen molar-refractivity contribution < 1.29 is 19.8 Å². The second-order valence-corrected chi connectivity index (χ2v) is 3.65. The molecule has 0 saturated carbocycles. The summed E-state index contributed by atoms with van der Waals surface area (Å²) in [7, 11) is 0. The lowest BCUT2D eigenvalue weighted by Gasteiger charge is -2.05. The molecule has 0 fully saturated rings. The third kappa shape index (κ3) is 1.76. The Morgan fingerprint density at radius 2 is 1.72 bits per heavy atom. The number of aromatic carboxylic acids is 2. The highest BCUT2D eigenvalue weighted by Gasteiger charge is 2.15. The van der Waals surface area contributed by atoms with E-state index in [-0.39, 0.29) is 16.7 Å². The first-order valence-corrected chi connectivity index (χ1v) is 4.98. The van der Waals surface area contributed by atoms with Gasteiger partial charge in [-0.05, 0) is 29.0 Å². The highest BCUT2D eigenvalue weighted by Crippen LogP contribution is 2.23. The fourth-order valence-corrected chi connectivity index (χ4v) is 1.78. The molecule has 0 saturated heterocycles. The van der Waals surface area contributed by atoms with Crippen LogP contribution in [0.2, 0.25) is 0 Å². The van der Waals surface area contributed by atoms with Crippen molar-refractivity contribution in [1.29, 1.82) is 5.26 Å². The van der Waals surface area contributed by atoms with Gasteiger partial charge in [-0.1, -0.05) is 12.1 Å². The number of carbonyl (C=O) groups is 2. The third-order valence-electron chi connectivity index (χ3n) is 2.60. The van der Waals surface area contributed by atoms with Crippen molar-refractivity contribution in [1.82, 2.24) is 0 Å². The summed E-state index contributed by atoms with van der Waals surface area (Å²) in [5.41, 5.74) is -0.142. The maximum Gasteiger partial charge on any atom is 0.337 e. The number of rotatable bonds is 2. The van der Waals surface area contributed by atoms with Gasteiger partial charge in [-0.3, -0.25) is 0 Å². The molecule has 0 bridgehead atoms. The molecule has 0 radical (unpaired) electrons. The summed E-state index contributed by atoms with van der Waals surface area (Å²) in [6.45, 7) is 0. The maximum absolute atomic E-state index is 11.0. The summed E-state index contributed by atoms with van der Waals surface area (Å²) in [5.74, 6) is -2.33. The number of carboxylic acid groups (broad SMARTS) is 2. The molecule has 0 atom stereocenters. The van der Waals surface area contributed by atoms with Gasteiger partial charge in [-0.25, -0.2) is 9.59 Å². The zero-order chi connectivity index (χ0) is 13.3. The quantitative estimate of drug-likeness (QED) is 0.838. The minimum Gasteiger partial charge on any atom is -0.478 e. The number of nitriles is 1. The van der Waals surface area contributed by atoms with Crippen molar-refractivity contribution in [2.24, 2.45) is 0 Å². The van der Waals surface area contributed by atoms with Gasteiger partial charge < -0.3 is 10.2 Å². The van der Waals surface area contributed by atoms with E-state index in [2.05, 4.69) is 0 Å². The topological polar surface area (TPSA) is 98.4 Å². The molecule has 2 N–H and O–H groups in total. The van der Waals surface area contributed by atoms with Crippen LogP contribution in [0.25, 0.3) is 10.8 Å². The second kappa shape index (κ2) is 4.18. The van der Waals surface area contributed by atoms with Gasteiger partial charge in [0, 0.05) is 0 Å². The fraction of sp³-hybridized carbons (Fsp3) is 0. The number of hydrogen-bond acceptors (Lipinski definition) is 3. The lowest BCUT2D eigenvalue weighted by molar-refractivity contribution is 0.0688. The minimum atomic E-state index is -1.21. The number of nitrogens with zero attached hydrogens (tertiary/aromatic N) is 1. The molecule has 5 heteroatoms. The molecule has 2 aromatic rings. The van der Waals surface area contributed by atoms with Crippen molar-refractivity contribution >= 4 is 22.7 Å². The van der Waals surface area contributed by atoms with E-state index in [9.17, 15) is 9.59 Å². The van der Waals surface area contributed by atoms with Gasteiger partial charge >= 0.3 is 11.9 Å². The van der Waals surface area contributed by atoms with Crippen LogP contribution in [-0.2, 0) is 0 Å². The van der Waals surface area contributed by atoms with Gasteiger partial charge in [-0.2, -0.15) is 5.26 Å². The first-order valence-electron chi connectivity index (χ1n) is 4.98. The first-order chi connectivity index (χ1) is 8.54. The largest absolute Gasteiger partial charge is 0.478 e. The van der Waals surface area contributed by atoms with Crippen LogP contribution in [0.4, 0.5) is 0 Å². The molecule has 0 aromatic heterocycles. The summed E-state index contributed by atoms with van der Waals surface area (Å²) >= 11 is 0. The monoisotopic (exact) mass is 241 g/mol. The third-order valence-corrected chi connectivity index (χ3v) is 2.60. The van der Waals surface area contributed by atoms with E-state index < -0.39 is 11.9 Å². The Bertz CT molecular complexity index is 713. The van der Waals surface area contributed by atoms with E-state index in [4.69, 9.17) is 15.5 Å². The Hall–Kier alpha value is -2.87. The molecule has 0 aliphatic carbocycles. The lowest BCUT2D eigenvalue weighted by Crippen LogP contribution is -2.02. The molecule has 2 rings (SSSR count). The van der Waals surface area contributed by atoms with Crippen molar-refractivity contribution in [3.05, 3.63) is 47.0 Å². The molecule has 5 nitrogen and oxygen atoms in total. The highest BCUT2D eigenvalue weighted by atomic mass is 16.4. The number of carboxylic acids is 2. The summed E-state index contributed by atoms with van der Waals surface area (Å²) in [6, 6.07) is 8.91. The van der Waals surface area contributed by atoms with Crippen LogP contribution < -0.4 is 0 Å². The predicted octanol–water partition coefficient (Wildman–Crippen LogP) is 2.11. The van der Waals surface area contributed by atoms with Crippen molar-refractivity contribution in [2.45, 2.75) is 0 Å². The summed E-state index contributed by atoms with van der Waals surface area (Å²) in [5, 5.41) is 27.7. The molecule has 0 heterocycles. The van der Waals surface area contributed by atoms with Crippen LogP contribution in [-0.4, -0.2) is 22.2 Å². The maximum atomic E-state index is 11.0. The van der Waals surface area contributed by atoms with Gasteiger partial charge in [0.05, 0.1) is 16.7 Å². The van der Waals surface area contributed by atoms with E-state index in [1.54, 1.807) is 12.1 Å². The van der Waals surface area contributed by atoms with Crippen molar-refractivity contribution in [2.75, 3.05) is 0 Å². The number of benzene rings is 2. The summed E-state index contributed by atoms with van der Waals surface area (Å²) in [6.07, 6.45) is 0. The van der Waals surface area contributed by atoms with Gasteiger partial charge in [0.25, 0.3) is 0 Å². The molecular weight excluding hydrogens is 234 g/mol. The summed E-state index contributed by atoms with van der Waals surface area (Å²) < 4.78 is 0. The van der Waals surface area contributed by atoms with E-state index >= 15 is 0 Å². The zero-order valence-electron chi connectivity index (χ0n) is 9.04. The standard InChI is InChI=1S/C13H7NO4/c14-6-8-5-10-7(4-11(8)13(17)18)2-1-3-9(10)12(15)16/h1-5H,(H,15,16)(H,17,18). The van der Waals surface area contributed by atoms with Gasteiger partial charge in [0.2, 0.25) is 0 Å². The molecule has 0 spiro atoms. The highest BCUT2D eigenvalue weighted by molar-refractivity contribution is 6.06. The molecule has 0 unspecified atom stereocenters. The predicted molar refractivity (Wildman–Crippen MR) is 62.6 cm³/mol. The van der Waals surface area contributed by atoms with Crippen molar-refractivity contribution in [3.8, 4) is 6.07 Å². The average Bonchev–Trinajstić information content (AvgIpc) is 2.35. The normalized spacial score (nSPS) is 9.94. The number of fused-ring (bicyclic) bond motifs is 1.